The Morgan fingerprint density at radius 2 is 1.55 bits per heavy atom. The maximum Gasteiger partial charge on any atom is 0.185 e. The molecule has 0 radical (unpaired) electrons. The first kappa shape index (κ1) is 18.4. The number of carbonyl (C=O) groups is 1. The van der Waals surface area contributed by atoms with Gasteiger partial charge < -0.3 is 4.74 Å². The molecule has 0 atom stereocenters. The van der Waals surface area contributed by atoms with Gasteiger partial charge in [-0.3, -0.25) is 4.79 Å². The van der Waals surface area contributed by atoms with Crippen molar-refractivity contribution in [1.82, 2.24) is 9.78 Å². The number of ether oxygens (including phenoxy) is 1. The van der Waals surface area contributed by atoms with Crippen molar-refractivity contribution in [3.05, 3.63) is 108 Å². The second-order valence-electron chi connectivity index (χ2n) is 6.51. The summed E-state index contributed by atoms with van der Waals surface area (Å²) in [6.07, 6.45) is 5.35. The molecule has 0 aliphatic heterocycles. The van der Waals surface area contributed by atoms with Gasteiger partial charge in [0.2, 0.25) is 0 Å². The smallest absolute Gasteiger partial charge is 0.185 e. The minimum atomic E-state index is -0.0428. The van der Waals surface area contributed by atoms with Crippen molar-refractivity contribution >= 4 is 11.9 Å². The molecule has 4 aromatic rings. The maximum atomic E-state index is 12.5. The molecule has 29 heavy (non-hydrogen) atoms. The highest BCUT2D eigenvalue weighted by Crippen LogP contribution is 2.27. The third-order valence-corrected chi connectivity index (χ3v) is 4.60. The number of hydrogen-bond donors (Lipinski definition) is 0. The molecule has 0 aliphatic rings. The molecule has 1 aromatic heterocycles. The molecule has 0 saturated carbocycles. The third-order valence-electron chi connectivity index (χ3n) is 4.60. The molecule has 0 unspecified atom stereocenters. The molecular weight excluding hydrogens is 360 g/mol. The van der Waals surface area contributed by atoms with Gasteiger partial charge in [0.05, 0.1) is 18.5 Å². The molecular formula is C25H20N2O2. The van der Waals surface area contributed by atoms with Crippen LogP contribution in [-0.4, -0.2) is 22.7 Å². The largest absolute Gasteiger partial charge is 0.497 e. The van der Waals surface area contributed by atoms with Crippen LogP contribution in [0.2, 0.25) is 0 Å². The van der Waals surface area contributed by atoms with E-state index in [-0.39, 0.29) is 5.78 Å². The van der Waals surface area contributed by atoms with Gasteiger partial charge in [0.1, 0.15) is 5.75 Å². The van der Waals surface area contributed by atoms with Gasteiger partial charge in [-0.25, -0.2) is 4.68 Å². The zero-order valence-electron chi connectivity index (χ0n) is 16.0. The number of para-hydroxylation sites is 1. The number of rotatable bonds is 6. The Labute approximate surface area is 169 Å². The number of methoxy groups -OCH3 is 1. The lowest BCUT2D eigenvalue weighted by Gasteiger charge is -2.02. The van der Waals surface area contributed by atoms with Gasteiger partial charge in [-0.15, -0.1) is 0 Å². The van der Waals surface area contributed by atoms with Crippen LogP contribution in [0.15, 0.2) is 97.2 Å². The van der Waals surface area contributed by atoms with Gasteiger partial charge in [-0.2, -0.15) is 5.10 Å². The van der Waals surface area contributed by atoms with E-state index in [2.05, 4.69) is 0 Å². The van der Waals surface area contributed by atoms with Gasteiger partial charge in [-0.05, 0) is 48.6 Å². The summed E-state index contributed by atoms with van der Waals surface area (Å²) in [4.78, 5) is 12.5. The topological polar surface area (TPSA) is 44.1 Å². The fourth-order valence-corrected chi connectivity index (χ4v) is 3.06. The van der Waals surface area contributed by atoms with Gasteiger partial charge in [-0.1, -0.05) is 48.5 Å². The second-order valence-corrected chi connectivity index (χ2v) is 6.51. The van der Waals surface area contributed by atoms with Crippen LogP contribution in [0.5, 0.6) is 5.75 Å². The van der Waals surface area contributed by atoms with E-state index in [1.807, 2.05) is 102 Å². The Balaban J connectivity index is 1.73. The summed E-state index contributed by atoms with van der Waals surface area (Å²) in [5.41, 5.74) is 4.23. The van der Waals surface area contributed by atoms with Crippen LogP contribution in [0, 0.1) is 0 Å². The monoisotopic (exact) mass is 380 g/mol. The van der Waals surface area contributed by atoms with Crippen LogP contribution in [-0.2, 0) is 0 Å². The van der Waals surface area contributed by atoms with Crippen LogP contribution >= 0.6 is 0 Å². The fourth-order valence-electron chi connectivity index (χ4n) is 3.06. The standard InChI is InChI=1S/C25H20N2O2/c1-29-23-15-12-20(13-16-23)25-21(14-17-24(28)19-8-4-2-5-9-19)18-27(26-25)22-10-6-3-7-11-22/h2-18H,1H3/b17-14+. The van der Waals surface area contributed by atoms with Crippen molar-refractivity contribution in [1.29, 1.82) is 0 Å². The summed E-state index contributed by atoms with van der Waals surface area (Å²) in [5.74, 6) is 0.742. The highest BCUT2D eigenvalue weighted by molar-refractivity contribution is 6.07. The maximum absolute atomic E-state index is 12.5. The summed E-state index contributed by atoms with van der Waals surface area (Å²) in [5, 5.41) is 4.77. The van der Waals surface area contributed by atoms with Crippen molar-refractivity contribution in [2.75, 3.05) is 7.11 Å². The van der Waals surface area contributed by atoms with Gasteiger partial charge >= 0.3 is 0 Å². The minimum absolute atomic E-state index is 0.0428. The van der Waals surface area contributed by atoms with Crippen molar-refractivity contribution in [3.63, 3.8) is 0 Å². The predicted molar refractivity (Wildman–Crippen MR) is 115 cm³/mol. The number of aromatic nitrogens is 2. The average molecular weight is 380 g/mol. The lowest BCUT2D eigenvalue weighted by atomic mass is 10.1. The van der Waals surface area contributed by atoms with Crippen LogP contribution < -0.4 is 4.74 Å². The first-order valence-electron chi connectivity index (χ1n) is 9.31. The molecule has 3 aromatic carbocycles. The van der Waals surface area contributed by atoms with Crippen molar-refractivity contribution < 1.29 is 9.53 Å². The van der Waals surface area contributed by atoms with E-state index in [1.165, 1.54) is 0 Å². The second kappa shape index (κ2) is 8.40. The summed E-state index contributed by atoms with van der Waals surface area (Å²) in [7, 11) is 1.64. The summed E-state index contributed by atoms with van der Waals surface area (Å²) in [6, 6.07) is 26.9. The molecule has 0 saturated heterocycles. The molecule has 0 spiro atoms. The Bertz CT molecular complexity index is 1130. The number of ketones is 1. The molecule has 0 aliphatic carbocycles. The van der Waals surface area contributed by atoms with Crippen LogP contribution in [0.3, 0.4) is 0 Å². The molecule has 0 N–H and O–H groups in total. The molecule has 1 heterocycles. The van der Waals surface area contributed by atoms with E-state index < -0.39 is 0 Å². The van der Waals surface area contributed by atoms with Crippen molar-refractivity contribution in [2.45, 2.75) is 0 Å². The number of allylic oxidation sites excluding steroid dienone is 1. The normalized spacial score (nSPS) is 10.9. The quantitative estimate of drug-likeness (QED) is 0.330. The molecule has 0 fully saturated rings. The van der Waals surface area contributed by atoms with E-state index in [0.29, 0.717) is 5.56 Å². The third kappa shape index (κ3) is 4.17. The van der Waals surface area contributed by atoms with Crippen LogP contribution in [0.1, 0.15) is 15.9 Å². The van der Waals surface area contributed by atoms with E-state index in [9.17, 15) is 4.79 Å². The number of nitrogens with zero attached hydrogens (tertiary/aromatic N) is 2. The molecule has 142 valence electrons. The van der Waals surface area contributed by atoms with E-state index >= 15 is 0 Å². The lowest BCUT2D eigenvalue weighted by molar-refractivity contribution is 0.104. The van der Waals surface area contributed by atoms with Crippen LogP contribution in [0.4, 0.5) is 0 Å². The lowest BCUT2D eigenvalue weighted by Crippen LogP contribution is -1.94. The van der Waals surface area contributed by atoms with E-state index in [1.54, 1.807) is 13.2 Å². The van der Waals surface area contributed by atoms with Crippen molar-refractivity contribution in [3.8, 4) is 22.7 Å². The number of carbonyl (C=O) groups excluding carboxylic acids is 1. The Hall–Kier alpha value is -3.92. The highest BCUT2D eigenvalue weighted by Gasteiger charge is 2.11. The molecule has 0 bridgehead atoms. The molecule has 0 amide bonds. The molecule has 4 heteroatoms. The first-order chi connectivity index (χ1) is 14.2. The van der Waals surface area contributed by atoms with Crippen LogP contribution in [0.25, 0.3) is 23.0 Å². The van der Waals surface area contributed by atoms with Gasteiger partial charge in [0, 0.05) is 22.9 Å². The average Bonchev–Trinajstić information content (AvgIpc) is 3.23. The minimum Gasteiger partial charge on any atom is -0.497 e. The van der Waals surface area contributed by atoms with Gasteiger partial charge in [0.15, 0.2) is 5.78 Å². The zero-order chi connectivity index (χ0) is 20.1. The summed E-state index contributed by atoms with van der Waals surface area (Å²) < 4.78 is 7.08. The van der Waals surface area contributed by atoms with Crippen molar-refractivity contribution in [2.24, 2.45) is 0 Å². The van der Waals surface area contributed by atoms with E-state index in [4.69, 9.17) is 9.84 Å². The first-order valence-corrected chi connectivity index (χ1v) is 9.31. The summed E-state index contributed by atoms with van der Waals surface area (Å²) in [6.45, 7) is 0. The summed E-state index contributed by atoms with van der Waals surface area (Å²) >= 11 is 0. The number of benzene rings is 3. The number of hydrogen-bond acceptors (Lipinski definition) is 3. The van der Waals surface area contributed by atoms with E-state index in [0.717, 1.165) is 28.3 Å². The van der Waals surface area contributed by atoms with Gasteiger partial charge in [0.25, 0.3) is 0 Å². The Morgan fingerprint density at radius 1 is 0.897 bits per heavy atom. The Morgan fingerprint density at radius 3 is 2.21 bits per heavy atom. The predicted octanol–water partition coefficient (Wildman–Crippen LogP) is 5.44. The Kier molecular flexibility index (Phi) is 5.34. The SMILES string of the molecule is COc1ccc(-c2nn(-c3ccccc3)cc2/C=C/C(=O)c2ccccc2)cc1. The zero-order valence-corrected chi connectivity index (χ0v) is 16.0. The fraction of sp³-hybridized carbons (Fsp3) is 0.0400. The highest BCUT2D eigenvalue weighted by atomic mass is 16.5. The molecule has 4 nitrogen and oxygen atoms in total. The molecule has 4 rings (SSSR count).